The first-order chi connectivity index (χ1) is 14.8. The van der Waals surface area contributed by atoms with Gasteiger partial charge in [0.25, 0.3) is 11.7 Å². The Hall–Kier alpha value is -3.14. The molecule has 7 nitrogen and oxygen atoms in total. The maximum atomic E-state index is 13.2. The Kier molecular flexibility index (Phi) is 5.57. The largest absolute Gasteiger partial charge is 0.497 e. The van der Waals surface area contributed by atoms with Crippen LogP contribution in [0.25, 0.3) is 0 Å². The van der Waals surface area contributed by atoms with Crippen LogP contribution in [0.2, 0.25) is 0 Å². The summed E-state index contributed by atoms with van der Waals surface area (Å²) in [6.07, 6.45) is 0.982. The van der Waals surface area contributed by atoms with Gasteiger partial charge in [-0.1, -0.05) is 30.0 Å². The lowest BCUT2D eigenvalue weighted by Gasteiger charge is -2.22. The number of amides is 4. The predicted molar refractivity (Wildman–Crippen MR) is 110 cm³/mol. The molecule has 1 atom stereocenters. The van der Waals surface area contributed by atoms with Crippen LogP contribution in [0.15, 0.2) is 47.4 Å². The van der Waals surface area contributed by atoms with Gasteiger partial charge in [0.15, 0.2) is 0 Å². The van der Waals surface area contributed by atoms with Crippen molar-refractivity contribution in [3.8, 4) is 5.75 Å². The Labute approximate surface area is 181 Å². The van der Waals surface area contributed by atoms with Crippen molar-refractivity contribution < 1.29 is 27.9 Å². The van der Waals surface area contributed by atoms with Gasteiger partial charge in [0.2, 0.25) is 5.91 Å². The van der Waals surface area contributed by atoms with Gasteiger partial charge in [0, 0.05) is 4.90 Å². The first-order valence-corrected chi connectivity index (χ1v) is 10.4. The second kappa shape index (κ2) is 8.18. The molecule has 1 aliphatic heterocycles. The number of hydrogen-bond acceptors (Lipinski definition) is 5. The van der Waals surface area contributed by atoms with Crippen molar-refractivity contribution >= 4 is 35.3 Å². The van der Waals surface area contributed by atoms with Gasteiger partial charge in [0.05, 0.1) is 12.8 Å². The number of nitrogens with one attached hydrogen (secondary N) is 2. The molecule has 2 N–H and O–H groups in total. The SMILES string of the molecule is COc1ccc2c(c1)[C@]1(CC2)NC(=O)N(CC(=O)Nc2ccccc2SC(F)F)C1=O. The fourth-order valence-electron chi connectivity index (χ4n) is 3.98. The topological polar surface area (TPSA) is 87.7 Å². The van der Waals surface area contributed by atoms with Gasteiger partial charge < -0.3 is 15.4 Å². The number of thioether (sulfide) groups is 1. The molecule has 0 saturated carbocycles. The predicted octanol–water partition coefficient (Wildman–Crippen LogP) is 3.34. The van der Waals surface area contributed by atoms with Crippen LogP contribution in [0, 0.1) is 0 Å². The van der Waals surface area contributed by atoms with Crippen molar-refractivity contribution in [2.45, 2.75) is 29.0 Å². The Morgan fingerprint density at radius 1 is 1.29 bits per heavy atom. The van der Waals surface area contributed by atoms with E-state index in [4.69, 9.17) is 4.74 Å². The highest BCUT2D eigenvalue weighted by Gasteiger charge is 2.55. The maximum Gasteiger partial charge on any atom is 0.325 e. The normalized spacial score (nSPS) is 19.7. The van der Waals surface area contributed by atoms with Crippen LogP contribution in [0.3, 0.4) is 0 Å². The molecule has 0 radical (unpaired) electrons. The monoisotopic (exact) mass is 447 g/mol. The molecule has 0 bridgehead atoms. The van der Waals surface area contributed by atoms with Crippen molar-refractivity contribution in [1.29, 1.82) is 0 Å². The number of rotatable bonds is 6. The summed E-state index contributed by atoms with van der Waals surface area (Å²) in [5, 5.41) is 5.26. The number of carbonyl (C=O) groups is 3. The van der Waals surface area contributed by atoms with Gasteiger partial charge in [-0.3, -0.25) is 14.5 Å². The molecule has 162 valence electrons. The summed E-state index contributed by atoms with van der Waals surface area (Å²) < 4.78 is 30.7. The molecule has 2 aromatic carbocycles. The van der Waals surface area contributed by atoms with E-state index in [-0.39, 0.29) is 10.6 Å². The van der Waals surface area contributed by atoms with Crippen LogP contribution in [0.1, 0.15) is 17.5 Å². The summed E-state index contributed by atoms with van der Waals surface area (Å²) in [6.45, 7) is -0.528. The molecule has 1 spiro atoms. The number of ether oxygens (including phenoxy) is 1. The van der Waals surface area contributed by atoms with Crippen molar-refractivity contribution in [2.75, 3.05) is 19.0 Å². The molecule has 0 unspecified atom stereocenters. The Morgan fingerprint density at radius 3 is 2.81 bits per heavy atom. The quantitative estimate of drug-likeness (QED) is 0.524. The van der Waals surface area contributed by atoms with Crippen LogP contribution in [0.5, 0.6) is 5.75 Å². The lowest BCUT2D eigenvalue weighted by molar-refractivity contribution is -0.134. The number of fused-ring (bicyclic) bond motifs is 2. The average Bonchev–Trinajstić information content (AvgIpc) is 3.21. The number of halogens is 2. The van der Waals surface area contributed by atoms with E-state index in [1.807, 2.05) is 6.07 Å². The molecule has 31 heavy (non-hydrogen) atoms. The molecule has 1 aliphatic carbocycles. The lowest BCUT2D eigenvalue weighted by atomic mass is 9.91. The number of carbonyl (C=O) groups excluding carboxylic acids is 3. The van der Waals surface area contributed by atoms with Gasteiger partial charge in [-0.15, -0.1) is 0 Å². The first kappa shape index (κ1) is 21.1. The van der Waals surface area contributed by atoms with Crippen LogP contribution in [-0.4, -0.2) is 42.2 Å². The molecular formula is C21H19F2N3O4S. The highest BCUT2D eigenvalue weighted by Crippen LogP contribution is 2.42. The molecule has 10 heteroatoms. The minimum absolute atomic E-state index is 0.190. The summed E-state index contributed by atoms with van der Waals surface area (Å²) in [5.41, 5.74) is 0.547. The number of aryl methyl sites for hydroxylation is 1. The lowest BCUT2D eigenvalue weighted by Crippen LogP contribution is -2.43. The van der Waals surface area contributed by atoms with E-state index in [0.29, 0.717) is 35.9 Å². The number of para-hydroxylation sites is 1. The van der Waals surface area contributed by atoms with Crippen molar-refractivity contribution in [3.05, 3.63) is 53.6 Å². The molecule has 4 rings (SSSR count). The highest BCUT2D eigenvalue weighted by molar-refractivity contribution is 7.99. The van der Waals surface area contributed by atoms with Gasteiger partial charge in [-0.2, -0.15) is 8.78 Å². The first-order valence-electron chi connectivity index (χ1n) is 9.49. The van der Waals surface area contributed by atoms with E-state index in [0.717, 1.165) is 10.5 Å². The number of imide groups is 1. The van der Waals surface area contributed by atoms with Gasteiger partial charge in [-0.05, 0) is 48.2 Å². The minimum Gasteiger partial charge on any atom is -0.497 e. The molecule has 1 saturated heterocycles. The van der Waals surface area contributed by atoms with Crippen molar-refractivity contribution in [3.63, 3.8) is 0 Å². The van der Waals surface area contributed by atoms with E-state index in [9.17, 15) is 23.2 Å². The average molecular weight is 447 g/mol. The highest BCUT2D eigenvalue weighted by atomic mass is 32.2. The number of hydrogen-bond donors (Lipinski definition) is 2. The molecule has 2 aromatic rings. The number of alkyl halides is 2. The third-order valence-electron chi connectivity index (χ3n) is 5.40. The van der Waals surface area contributed by atoms with Gasteiger partial charge in [-0.25, -0.2) is 4.79 Å². The zero-order chi connectivity index (χ0) is 22.2. The molecular weight excluding hydrogens is 428 g/mol. The van der Waals surface area contributed by atoms with E-state index >= 15 is 0 Å². The van der Waals surface area contributed by atoms with Crippen LogP contribution < -0.4 is 15.4 Å². The summed E-state index contributed by atoms with van der Waals surface area (Å²) >= 11 is 0.302. The summed E-state index contributed by atoms with van der Waals surface area (Å²) in [6, 6.07) is 10.8. The molecule has 0 aromatic heterocycles. The van der Waals surface area contributed by atoms with E-state index in [1.54, 1.807) is 24.3 Å². The number of nitrogens with zero attached hydrogens (tertiary/aromatic N) is 1. The van der Waals surface area contributed by atoms with Crippen LogP contribution in [0.4, 0.5) is 19.3 Å². The van der Waals surface area contributed by atoms with Crippen molar-refractivity contribution in [1.82, 2.24) is 10.2 Å². The second-order valence-corrected chi connectivity index (χ2v) is 8.20. The van der Waals surface area contributed by atoms with Crippen molar-refractivity contribution in [2.24, 2.45) is 0 Å². The maximum absolute atomic E-state index is 13.2. The van der Waals surface area contributed by atoms with E-state index in [2.05, 4.69) is 10.6 Å². The van der Waals surface area contributed by atoms with E-state index in [1.165, 1.54) is 19.2 Å². The summed E-state index contributed by atoms with van der Waals surface area (Å²) in [5.74, 6) is -3.27. The third-order valence-corrected chi connectivity index (χ3v) is 6.19. The zero-order valence-corrected chi connectivity index (χ0v) is 17.3. The standard InChI is InChI=1S/C21H19F2N3O4S/c1-30-13-7-6-12-8-9-21(14(12)10-13)18(28)26(20(29)25-21)11-17(27)24-15-4-2-3-5-16(15)31-19(22)23/h2-7,10,19H,8-9,11H2,1H3,(H,24,27)(H,25,29)/t21-/m0/s1. The molecule has 2 aliphatic rings. The smallest absolute Gasteiger partial charge is 0.325 e. The third kappa shape index (κ3) is 3.83. The van der Waals surface area contributed by atoms with Crippen LogP contribution >= 0.6 is 11.8 Å². The Balaban J connectivity index is 1.52. The number of urea groups is 1. The summed E-state index contributed by atoms with van der Waals surface area (Å²) in [4.78, 5) is 39.4. The number of anilines is 1. The minimum atomic E-state index is -2.65. The zero-order valence-electron chi connectivity index (χ0n) is 16.5. The van der Waals surface area contributed by atoms with Gasteiger partial charge >= 0.3 is 6.03 Å². The summed E-state index contributed by atoms with van der Waals surface area (Å²) in [7, 11) is 1.51. The number of methoxy groups -OCH3 is 1. The molecule has 1 heterocycles. The molecule has 4 amide bonds. The van der Waals surface area contributed by atoms with Crippen LogP contribution in [-0.2, 0) is 21.5 Å². The van der Waals surface area contributed by atoms with Gasteiger partial charge in [0.1, 0.15) is 17.8 Å². The fraction of sp³-hybridized carbons (Fsp3) is 0.286. The fourth-order valence-corrected chi connectivity index (χ4v) is 4.57. The second-order valence-electron chi connectivity index (χ2n) is 7.17. The Morgan fingerprint density at radius 2 is 2.06 bits per heavy atom. The number of benzene rings is 2. The Bertz CT molecular complexity index is 1060. The van der Waals surface area contributed by atoms with E-state index < -0.39 is 35.7 Å². The molecule has 1 fully saturated rings.